The van der Waals surface area contributed by atoms with E-state index in [1.165, 1.54) is 0 Å². The van der Waals surface area contributed by atoms with Crippen LogP contribution in [-0.2, 0) is 0 Å². The molecule has 0 aliphatic heterocycles. The maximum Gasteiger partial charge on any atom is 0.162 e. The van der Waals surface area contributed by atoms with Crippen LogP contribution in [0.15, 0.2) is 60.8 Å². The van der Waals surface area contributed by atoms with E-state index in [1.807, 2.05) is 54.6 Å². The van der Waals surface area contributed by atoms with E-state index in [-0.39, 0.29) is 0 Å². The zero-order chi connectivity index (χ0) is 18.8. The Labute approximate surface area is 157 Å². The molecule has 0 fully saturated rings. The molecule has 136 valence electrons. The van der Waals surface area contributed by atoms with Gasteiger partial charge in [0.1, 0.15) is 17.2 Å². The summed E-state index contributed by atoms with van der Waals surface area (Å²) in [5.74, 6) is 3.51. The predicted molar refractivity (Wildman–Crippen MR) is 105 cm³/mol. The van der Waals surface area contributed by atoms with Crippen molar-refractivity contribution in [2.45, 2.75) is 0 Å². The molecular formula is C22H19NO4. The second kappa shape index (κ2) is 7.03. The molecule has 1 heterocycles. The molecule has 0 unspecified atom stereocenters. The number of fused-ring (bicyclic) bond motifs is 2. The van der Waals surface area contributed by atoms with Gasteiger partial charge < -0.3 is 18.9 Å². The lowest BCUT2D eigenvalue weighted by Gasteiger charge is -2.13. The Kier molecular flexibility index (Phi) is 4.42. The summed E-state index contributed by atoms with van der Waals surface area (Å²) in [6.45, 7) is 0. The minimum atomic E-state index is 0.631. The molecule has 27 heavy (non-hydrogen) atoms. The maximum absolute atomic E-state index is 6.17. The molecule has 0 saturated carbocycles. The van der Waals surface area contributed by atoms with Crippen LogP contribution in [0.4, 0.5) is 0 Å². The first-order valence-corrected chi connectivity index (χ1v) is 8.48. The Bertz CT molecular complexity index is 1120. The molecule has 0 N–H and O–H groups in total. The number of benzene rings is 3. The van der Waals surface area contributed by atoms with Crippen molar-refractivity contribution in [3.63, 3.8) is 0 Å². The minimum absolute atomic E-state index is 0.631. The van der Waals surface area contributed by atoms with Gasteiger partial charge in [-0.05, 0) is 47.2 Å². The Morgan fingerprint density at radius 1 is 0.630 bits per heavy atom. The van der Waals surface area contributed by atoms with Crippen molar-refractivity contribution < 1.29 is 18.9 Å². The number of nitrogens with zero attached hydrogens (tertiary/aromatic N) is 1. The molecular weight excluding hydrogens is 342 g/mol. The Morgan fingerprint density at radius 3 is 2.07 bits per heavy atom. The van der Waals surface area contributed by atoms with E-state index in [2.05, 4.69) is 4.98 Å². The van der Waals surface area contributed by atoms with Crippen molar-refractivity contribution in [3.8, 4) is 28.7 Å². The Hall–Kier alpha value is -3.47. The van der Waals surface area contributed by atoms with Gasteiger partial charge in [-0.15, -0.1) is 0 Å². The summed E-state index contributed by atoms with van der Waals surface area (Å²) < 4.78 is 22.2. The van der Waals surface area contributed by atoms with Gasteiger partial charge in [-0.1, -0.05) is 12.1 Å². The molecule has 0 aliphatic carbocycles. The maximum atomic E-state index is 6.17. The number of methoxy groups -OCH3 is 3. The fraction of sp³-hybridized carbons (Fsp3) is 0.136. The lowest BCUT2D eigenvalue weighted by atomic mass is 10.1. The topological polar surface area (TPSA) is 49.8 Å². The molecule has 4 aromatic rings. The van der Waals surface area contributed by atoms with Crippen LogP contribution in [0, 0.1) is 0 Å². The highest BCUT2D eigenvalue weighted by atomic mass is 16.5. The second-order valence-electron chi connectivity index (χ2n) is 6.01. The molecule has 1 aromatic heterocycles. The summed E-state index contributed by atoms with van der Waals surface area (Å²) in [5.41, 5.74) is 0.771. The van der Waals surface area contributed by atoms with E-state index in [4.69, 9.17) is 18.9 Å². The van der Waals surface area contributed by atoms with E-state index < -0.39 is 0 Å². The van der Waals surface area contributed by atoms with Crippen LogP contribution in [0.5, 0.6) is 28.7 Å². The average molecular weight is 361 g/mol. The van der Waals surface area contributed by atoms with Gasteiger partial charge in [0.05, 0.1) is 26.8 Å². The van der Waals surface area contributed by atoms with Crippen LogP contribution >= 0.6 is 0 Å². The van der Waals surface area contributed by atoms with E-state index in [9.17, 15) is 0 Å². The number of hydrogen-bond acceptors (Lipinski definition) is 5. The minimum Gasteiger partial charge on any atom is -0.497 e. The number of ether oxygens (including phenoxy) is 4. The van der Waals surface area contributed by atoms with Crippen molar-refractivity contribution in [1.29, 1.82) is 0 Å². The number of aromatic nitrogens is 1. The summed E-state index contributed by atoms with van der Waals surface area (Å²) in [7, 11) is 4.87. The first-order chi connectivity index (χ1) is 13.2. The first-order valence-electron chi connectivity index (χ1n) is 8.48. The zero-order valence-corrected chi connectivity index (χ0v) is 15.4. The molecule has 5 heteroatoms. The van der Waals surface area contributed by atoms with Crippen molar-refractivity contribution in [3.05, 3.63) is 60.8 Å². The van der Waals surface area contributed by atoms with Crippen LogP contribution in [0.1, 0.15) is 0 Å². The highest BCUT2D eigenvalue weighted by molar-refractivity contribution is 5.89. The summed E-state index contributed by atoms with van der Waals surface area (Å²) in [5, 5.41) is 3.01. The molecule has 0 saturated heterocycles. The first kappa shape index (κ1) is 17.0. The monoisotopic (exact) mass is 361 g/mol. The quantitative estimate of drug-likeness (QED) is 0.489. The fourth-order valence-corrected chi connectivity index (χ4v) is 3.06. The van der Waals surface area contributed by atoms with Crippen LogP contribution in [0.2, 0.25) is 0 Å². The highest BCUT2D eigenvalue weighted by Gasteiger charge is 2.11. The van der Waals surface area contributed by atoms with Crippen molar-refractivity contribution in [2.24, 2.45) is 0 Å². The molecule has 0 spiro atoms. The predicted octanol–water partition coefficient (Wildman–Crippen LogP) is 5.21. The molecule has 0 radical (unpaired) electrons. The van der Waals surface area contributed by atoms with Gasteiger partial charge in [-0.3, -0.25) is 4.98 Å². The summed E-state index contributed by atoms with van der Waals surface area (Å²) in [6.07, 6.45) is 1.72. The normalized spacial score (nSPS) is 10.8. The van der Waals surface area contributed by atoms with Gasteiger partial charge in [-0.2, -0.15) is 0 Å². The van der Waals surface area contributed by atoms with E-state index in [0.717, 1.165) is 33.2 Å². The highest BCUT2D eigenvalue weighted by Crippen LogP contribution is 2.37. The third-order valence-corrected chi connectivity index (χ3v) is 4.45. The average Bonchev–Trinajstić information content (AvgIpc) is 2.72. The molecule has 0 atom stereocenters. The van der Waals surface area contributed by atoms with Gasteiger partial charge in [-0.25, -0.2) is 0 Å². The van der Waals surface area contributed by atoms with Gasteiger partial charge in [0.2, 0.25) is 0 Å². The summed E-state index contributed by atoms with van der Waals surface area (Å²) >= 11 is 0. The summed E-state index contributed by atoms with van der Waals surface area (Å²) in [6, 6.07) is 17.5. The van der Waals surface area contributed by atoms with Gasteiger partial charge >= 0.3 is 0 Å². The third kappa shape index (κ3) is 3.19. The van der Waals surface area contributed by atoms with Crippen molar-refractivity contribution in [1.82, 2.24) is 4.98 Å². The Morgan fingerprint density at radius 2 is 1.33 bits per heavy atom. The van der Waals surface area contributed by atoms with E-state index in [1.54, 1.807) is 27.5 Å². The van der Waals surface area contributed by atoms with Crippen LogP contribution in [-0.4, -0.2) is 26.3 Å². The number of hydrogen-bond donors (Lipinski definition) is 0. The standard InChI is InChI=1S/C22H19NO4/c1-24-16-6-4-14-5-7-17(11-15(14)10-16)27-20-8-9-23-19-13-22(26-3)21(25-2)12-18(19)20/h4-13H,1-3H3. The van der Waals surface area contributed by atoms with Crippen LogP contribution in [0.25, 0.3) is 21.7 Å². The van der Waals surface area contributed by atoms with Gasteiger partial charge in [0, 0.05) is 17.6 Å². The van der Waals surface area contributed by atoms with Gasteiger partial charge in [0.25, 0.3) is 0 Å². The van der Waals surface area contributed by atoms with E-state index in [0.29, 0.717) is 17.2 Å². The largest absolute Gasteiger partial charge is 0.497 e. The molecule has 5 nitrogen and oxygen atoms in total. The van der Waals surface area contributed by atoms with Crippen LogP contribution in [0.3, 0.4) is 0 Å². The fourth-order valence-electron chi connectivity index (χ4n) is 3.06. The molecule has 4 rings (SSSR count). The van der Waals surface area contributed by atoms with Crippen molar-refractivity contribution >= 4 is 21.7 Å². The Balaban J connectivity index is 1.77. The summed E-state index contributed by atoms with van der Waals surface area (Å²) in [4.78, 5) is 4.41. The second-order valence-corrected chi connectivity index (χ2v) is 6.01. The number of rotatable bonds is 5. The lowest BCUT2D eigenvalue weighted by molar-refractivity contribution is 0.355. The molecule has 0 bridgehead atoms. The van der Waals surface area contributed by atoms with Gasteiger partial charge in [0.15, 0.2) is 11.5 Å². The zero-order valence-electron chi connectivity index (χ0n) is 15.4. The molecule has 3 aromatic carbocycles. The molecule has 0 aliphatic rings. The van der Waals surface area contributed by atoms with Crippen LogP contribution < -0.4 is 18.9 Å². The van der Waals surface area contributed by atoms with E-state index >= 15 is 0 Å². The smallest absolute Gasteiger partial charge is 0.162 e. The SMILES string of the molecule is COc1ccc2ccc(Oc3ccnc4cc(OC)c(OC)cc34)cc2c1. The third-order valence-electron chi connectivity index (χ3n) is 4.45. The molecule has 0 amide bonds. The lowest BCUT2D eigenvalue weighted by Crippen LogP contribution is -1.93. The van der Waals surface area contributed by atoms with Crippen molar-refractivity contribution in [2.75, 3.05) is 21.3 Å². The number of pyridine rings is 1.